The molecule has 2 fully saturated rings. The van der Waals surface area contributed by atoms with Gasteiger partial charge in [0.25, 0.3) is 0 Å². The molecule has 6 nitrogen and oxygen atoms in total. The third-order valence-corrected chi connectivity index (χ3v) is 4.96. The molecule has 2 amide bonds. The number of nitrogens with zero attached hydrogens (tertiary/aromatic N) is 1. The van der Waals surface area contributed by atoms with E-state index in [0.29, 0.717) is 25.9 Å². The van der Waals surface area contributed by atoms with Crippen molar-refractivity contribution in [2.75, 3.05) is 13.1 Å². The number of piperidine rings is 1. The van der Waals surface area contributed by atoms with Gasteiger partial charge in [-0.05, 0) is 50.3 Å². The molecular formula is C18H25N3O3. The van der Waals surface area contributed by atoms with E-state index in [1.54, 1.807) is 0 Å². The van der Waals surface area contributed by atoms with Crippen molar-refractivity contribution in [3.05, 3.63) is 35.9 Å². The number of carbonyl (C=O) groups excluding carboxylic acids is 2. The minimum absolute atomic E-state index is 0.0655. The van der Waals surface area contributed by atoms with Gasteiger partial charge in [0.2, 0.25) is 11.8 Å². The van der Waals surface area contributed by atoms with Crippen LogP contribution in [0.2, 0.25) is 0 Å². The minimum atomic E-state index is -0.962. The van der Waals surface area contributed by atoms with E-state index in [1.807, 2.05) is 35.2 Å². The normalized spacial score (nSPS) is 21.9. The maximum absolute atomic E-state index is 12.0. The molecule has 130 valence electrons. The third kappa shape index (κ3) is 3.94. The van der Waals surface area contributed by atoms with Gasteiger partial charge in [-0.25, -0.2) is 0 Å². The number of nitrogens with one attached hydrogen (secondary N) is 1. The summed E-state index contributed by atoms with van der Waals surface area (Å²) in [6, 6.07) is 9.30. The summed E-state index contributed by atoms with van der Waals surface area (Å²) in [5.74, 6) is -0.693. The number of benzene rings is 1. The van der Waals surface area contributed by atoms with Gasteiger partial charge in [0.05, 0.1) is 0 Å². The molecule has 2 aliphatic rings. The number of hydrogen-bond acceptors (Lipinski definition) is 4. The molecule has 1 saturated heterocycles. The lowest BCUT2D eigenvalue weighted by molar-refractivity contribution is -0.134. The molecule has 1 aromatic carbocycles. The average Bonchev–Trinajstić information content (AvgIpc) is 3.39. The highest BCUT2D eigenvalue weighted by Gasteiger charge is 2.35. The summed E-state index contributed by atoms with van der Waals surface area (Å²) in [7, 11) is 0. The molecule has 0 radical (unpaired) electrons. The van der Waals surface area contributed by atoms with Crippen LogP contribution in [0.25, 0.3) is 0 Å². The fourth-order valence-corrected chi connectivity index (χ4v) is 3.41. The molecule has 1 saturated carbocycles. The molecule has 3 rings (SSSR count). The zero-order valence-electron chi connectivity index (χ0n) is 13.7. The van der Waals surface area contributed by atoms with Crippen molar-refractivity contribution in [1.29, 1.82) is 0 Å². The van der Waals surface area contributed by atoms with Crippen molar-refractivity contribution in [1.82, 2.24) is 10.2 Å². The van der Waals surface area contributed by atoms with Gasteiger partial charge in [-0.2, -0.15) is 0 Å². The average molecular weight is 331 g/mol. The van der Waals surface area contributed by atoms with E-state index < -0.39 is 12.1 Å². The predicted molar refractivity (Wildman–Crippen MR) is 89.8 cm³/mol. The van der Waals surface area contributed by atoms with Gasteiger partial charge in [0.1, 0.15) is 12.1 Å². The monoisotopic (exact) mass is 331 g/mol. The van der Waals surface area contributed by atoms with Crippen LogP contribution in [0.15, 0.2) is 30.3 Å². The molecule has 4 N–H and O–H groups in total. The highest BCUT2D eigenvalue weighted by molar-refractivity contribution is 5.82. The van der Waals surface area contributed by atoms with Crippen LogP contribution in [0.1, 0.15) is 37.3 Å². The Morgan fingerprint density at radius 3 is 2.29 bits per heavy atom. The van der Waals surface area contributed by atoms with Crippen molar-refractivity contribution >= 4 is 11.8 Å². The molecular weight excluding hydrogens is 306 g/mol. The quantitative estimate of drug-likeness (QED) is 0.710. The maximum atomic E-state index is 12.0. The van der Waals surface area contributed by atoms with E-state index in [2.05, 4.69) is 5.32 Å². The van der Waals surface area contributed by atoms with E-state index >= 15 is 0 Å². The Labute approximate surface area is 142 Å². The lowest BCUT2D eigenvalue weighted by atomic mass is 9.89. The SMILES string of the molecule is NC(=O)C(c1ccccc1)N1CCC(C(O)C(=O)NC2CC2)CC1. The van der Waals surface area contributed by atoms with Crippen molar-refractivity contribution in [2.45, 2.75) is 43.9 Å². The summed E-state index contributed by atoms with van der Waals surface area (Å²) in [6.07, 6.45) is 2.41. The van der Waals surface area contributed by atoms with Gasteiger partial charge in [-0.15, -0.1) is 0 Å². The Morgan fingerprint density at radius 1 is 1.12 bits per heavy atom. The number of aliphatic hydroxyl groups is 1. The first-order chi connectivity index (χ1) is 11.6. The number of amides is 2. The van der Waals surface area contributed by atoms with Crippen molar-refractivity contribution in [3.63, 3.8) is 0 Å². The first-order valence-corrected chi connectivity index (χ1v) is 8.63. The summed E-state index contributed by atoms with van der Waals surface area (Å²) in [5, 5.41) is 13.1. The summed E-state index contributed by atoms with van der Waals surface area (Å²) in [5.41, 5.74) is 6.49. The second-order valence-corrected chi connectivity index (χ2v) is 6.82. The third-order valence-electron chi connectivity index (χ3n) is 4.96. The zero-order chi connectivity index (χ0) is 17.1. The molecule has 2 atom stereocenters. The van der Waals surface area contributed by atoms with Crippen molar-refractivity contribution in [3.8, 4) is 0 Å². The highest BCUT2D eigenvalue weighted by atomic mass is 16.3. The van der Waals surface area contributed by atoms with Crippen LogP contribution in [-0.4, -0.2) is 47.1 Å². The molecule has 1 aliphatic heterocycles. The largest absolute Gasteiger partial charge is 0.383 e. The lowest BCUT2D eigenvalue weighted by Gasteiger charge is -2.37. The van der Waals surface area contributed by atoms with Gasteiger partial charge in [0, 0.05) is 6.04 Å². The number of carbonyl (C=O) groups is 2. The van der Waals surface area contributed by atoms with E-state index in [0.717, 1.165) is 18.4 Å². The van der Waals surface area contributed by atoms with Crippen LogP contribution >= 0.6 is 0 Å². The van der Waals surface area contributed by atoms with Crippen LogP contribution < -0.4 is 11.1 Å². The number of likely N-dealkylation sites (tertiary alicyclic amines) is 1. The Hall–Kier alpha value is -1.92. The van der Waals surface area contributed by atoms with Crippen LogP contribution in [0.3, 0.4) is 0 Å². The molecule has 2 unspecified atom stereocenters. The minimum Gasteiger partial charge on any atom is -0.383 e. The molecule has 1 heterocycles. The fraction of sp³-hybridized carbons (Fsp3) is 0.556. The number of aliphatic hydroxyl groups excluding tert-OH is 1. The number of nitrogens with two attached hydrogens (primary N) is 1. The summed E-state index contributed by atoms with van der Waals surface area (Å²) in [4.78, 5) is 25.9. The number of rotatable bonds is 6. The fourth-order valence-electron chi connectivity index (χ4n) is 3.41. The van der Waals surface area contributed by atoms with E-state index in [4.69, 9.17) is 5.73 Å². The molecule has 0 spiro atoms. The molecule has 0 bridgehead atoms. The van der Waals surface area contributed by atoms with Crippen molar-refractivity contribution in [2.24, 2.45) is 11.7 Å². The zero-order valence-corrected chi connectivity index (χ0v) is 13.7. The predicted octanol–water partition coefficient (Wildman–Crippen LogP) is 0.565. The van der Waals surface area contributed by atoms with Crippen LogP contribution in [0.4, 0.5) is 0 Å². The Bertz CT molecular complexity index is 580. The highest BCUT2D eigenvalue weighted by Crippen LogP contribution is 2.29. The molecule has 0 aromatic heterocycles. The molecule has 1 aliphatic carbocycles. The van der Waals surface area contributed by atoms with E-state index in [1.165, 1.54) is 0 Å². The number of hydrogen-bond donors (Lipinski definition) is 3. The maximum Gasteiger partial charge on any atom is 0.249 e. The Kier molecular flexibility index (Phi) is 5.16. The van der Waals surface area contributed by atoms with Gasteiger partial charge >= 0.3 is 0 Å². The first-order valence-electron chi connectivity index (χ1n) is 8.63. The van der Waals surface area contributed by atoms with E-state index in [9.17, 15) is 14.7 Å². The summed E-state index contributed by atoms with van der Waals surface area (Å²) >= 11 is 0. The standard InChI is InChI=1S/C18H25N3O3/c19-17(23)15(12-4-2-1-3-5-12)21-10-8-13(9-11-21)16(22)18(24)20-14-6-7-14/h1-5,13-16,22H,6-11H2,(H2,19,23)(H,20,24). The first kappa shape index (κ1) is 16.9. The lowest BCUT2D eigenvalue weighted by Crippen LogP contribution is -2.47. The van der Waals surface area contributed by atoms with Gasteiger partial charge in [0.15, 0.2) is 0 Å². The van der Waals surface area contributed by atoms with Gasteiger partial charge in [-0.1, -0.05) is 30.3 Å². The van der Waals surface area contributed by atoms with Crippen LogP contribution in [0, 0.1) is 5.92 Å². The summed E-state index contributed by atoms with van der Waals surface area (Å²) in [6.45, 7) is 1.28. The van der Waals surface area contributed by atoms with Gasteiger partial charge in [-0.3, -0.25) is 14.5 Å². The molecule has 6 heteroatoms. The second-order valence-electron chi connectivity index (χ2n) is 6.82. The number of primary amides is 1. The van der Waals surface area contributed by atoms with Crippen molar-refractivity contribution < 1.29 is 14.7 Å². The smallest absolute Gasteiger partial charge is 0.249 e. The molecule has 24 heavy (non-hydrogen) atoms. The second kappa shape index (κ2) is 7.32. The Balaban J connectivity index is 1.58. The Morgan fingerprint density at radius 2 is 1.75 bits per heavy atom. The van der Waals surface area contributed by atoms with E-state index in [-0.39, 0.29) is 23.8 Å². The summed E-state index contributed by atoms with van der Waals surface area (Å²) < 4.78 is 0. The van der Waals surface area contributed by atoms with Crippen LogP contribution in [-0.2, 0) is 9.59 Å². The topological polar surface area (TPSA) is 95.7 Å². The van der Waals surface area contributed by atoms with Gasteiger partial charge < -0.3 is 16.2 Å². The van der Waals surface area contributed by atoms with Crippen LogP contribution in [0.5, 0.6) is 0 Å². The molecule has 1 aromatic rings.